The predicted molar refractivity (Wildman–Crippen MR) is 73.5 cm³/mol. The van der Waals surface area contributed by atoms with Crippen LogP contribution in [0, 0.1) is 0 Å². The molecule has 0 amide bonds. The number of halogens is 1. The molecule has 94 valence electrons. The van der Waals surface area contributed by atoms with Crippen LogP contribution in [0.2, 0.25) is 0 Å². The molecular formula is C14H19BrO2. The summed E-state index contributed by atoms with van der Waals surface area (Å²) in [6, 6.07) is 8.42. The summed E-state index contributed by atoms with van der Waals surface area (Å²) in [5, 5.41) is 0. The molecule has 1 unspecified atom stereocenters. The van der Waals surface area contributed by atoms with Crippen molar-refractivity contribution in [1.29, 1.82) is 0 Å². The molecule has 1 rings (SSSR count). The van der Waals surface area contributed by atoms with E-state index >= 15 is 0 Å². The van der Waals surface area contributed by atoms with Gasteiger partial charge < -0.3 is 4.74 Å². The van der Waals surface area contributed by atoms with E-state index < -0.39 is 0 Å². The Labute approximate surface area is 111 Å². The molecule has 0 aromatic heterocycles. The third-order valence-electron chi connectivity index (χ3n) is 2.52. The fraction of sp³-hybridized carbons (Fsp3) is 0.500. The van der Waals surface area contributed by atoms with Gasteiger partial charge in [-0.1, -0.05) is 53.5 Å². The van der Waals surface area contributed by atoms with Gasteiger partial charge in [0, 0.05) is 0 Å². The zero-order valence-electron chi connectivity index (χ0n) is 10.4. The Kier molecular flexibility index (Phi) is 6.27. The second-order valence-corrected chi connectivity index (χ2v) is 5.10. The first kappa shape index (κ1) is 14.2. The Bertz CT molecular complexity index is 346. The van der Waals surface area contributed by atoms with E-state index in [0.29, 0.717) is 13.0 Å². The Balaban J connectivity index is 2.53. The van der Waals surface area contributed by atoms with E-state index in [1.54, 1.807) is 0 Å². The number of carbonyl (C=O) groups is 1. The average molecular weight is 299 g/mol. The molecule has 0 bridgehead atoms. The van der Waals surface area contributed by atoms with E-state index in [0.717, 1.165) is 18.4 Å². The van der Waals surface area contributed by atoms with Crippen molar-refractivity contribution < 1.29 is 9.53 Å². The third kappa shape index (κ3) is 4.90. The van der Waals surface area contributed by atoms with Crippen molar-refractivity contribution in [2.75, 3.05) is 6.61 Å². The van der Waals surface area contributed by atoms with Crippen molar-refractivity contribution >= 4 is 21.9 Å². The highest BCUT2D eigenvalue weighted by Gasteiger charge is 2.16. The molecule has 17 heavy (non-hydrogen) atoms. The van der Waals surface area contributed by atoms with Crippen LogP contribution < -0.4 is 0 Å². The van der Waals surface area contributed by atoms with Gasteiger partial charge in [0.15, 0.2) is 0 Å². The molecule has 0 fully saturated rings. The van der Waals surface area contributed by atoms with Crippen molar-refractivity contribution in [3.63, 3.8) is 0 Å². The van der Waals surface area contributed by atoms with E-state index in [2.05, 4.69) is 47.1 Å². The molecule has 0 saturated heterocycles. The third-order valence-corrected chi connectivity index (χ3v) is 3.22. The summed E-state index contributed by atoms with van der Waals surface area (Å²) in [6.07, 6.45) is 2.93. The van der Waals surface area contributed by atoms with Crippen molar-refractivity contribution in [2.45, 2.75) is 37.9 Å². The Morgan fingerprint density at radius 1 is 1.24 bits per heavy atom. The van der Waals surface area contributed by atoms with Gasteiger partial charge in [-0.2, -0.15) is 0 Å². The molecule has 1 aromatic carbocycles. The van der Waals surface area contributed by atoms with Crippen LogP contribution in [-0.2, 0) is 22.4 Å². The number of rotatable bonds is 6. The summed E-state index contributed by atoms with van der Waals surface area (Å²) in [4.78, 5) is 11.2. The largest absolute Gasteiger partial charge is 0.465 e. The lowest BCUT2D eigenvalue weighted by Gasteiger charge is -2.09. The van der Waals surface area contributed by atoms with Crippen molar-refractivity contribution in [3.8, 4) is 0 Å². The van der Waals surface area contributed by atoms with Gasteiger partial charge in [-0.15, -0.1) is 0 Å². The van der Waals surface area contributed by atoms with Crippen LogP contribution in [0.25, 0.3) is 0 Å². The molecule has 0 spiro atoms. The fourth-order valence-electron chi connectivity index (χ4n) is 1.65. The van der Waals surface area contributed by atoms with Crippen LogP contribution in [0.4, 0.5) is 0 Å². The molecule has 0 aliphatic heterocycles. The number of hydrogen-bond donors (Lipinski definition) is 0. The Morgan fingerprint density at radius 2 is 1.82 bits per heavy atom. The zero-order valence-corrected chi connectivity index (χ0v) is 12.0. The van der Waals surface area contributed by atoms with Crippen LogP contribution in [0.5, 0.6) is 0 Å². The molecule has 0 radical (unpaired) electrons. The lowest BCUT2D eigenvalue weighted by molar-refractivity contribution is -0.142. The van der Waals surface area contributed by atoms with Gasteiger partial charge in [0.05, 0.1) is 6.61 Å². The van der Waals surface area contributed by atoms with Gasteiger partial charge in [0.1, 0.15) is 4.83 Å². The van der Waals surface area contributed by atoms with Gasteiger partial charge in [-0.3, -0.25) is 4.79 Å². The van der Waals surface area contributed by atoms with Gasteiger partial charge in [0.2, 0.25) is 0 Å². The topological polar surface area (TPSA) is 26.3 Å². The second-order valence-electron chi connectivity index (χ2n) is 3.99. The van der Waals surface area contributed by atoms with Crippen LogP contribution in [0.1, 0.15) is 31.4 Å². The quantitative estimate of drug-likeness (QED) is 0.593. The van der Waals surface area contributed by atoms with Crippen LogP contribution in [-0.4, -0.2) is 17.4 Å². The SMILES string of the molecule is CCCc1ccc(CC(Br)C(=O)OCC)cc1. The number of aryl methyl sites for hydroxylation is 1. The summed E-state index contributed by atoms with van der Waals surface area (Å²) < 4.78 is 4.95. The van der Waals surface area contributed by atoms with Crippen molar-refractivity contribution in [2.24, 2.45) is 0 Å². The molecule has 0 N–H and O–H groups in total. The number of benzene rings is 1. The minimum Gasteiger partial charge on any atom is -0.465 e. The van der Waals surface area contributed by atoms with Crippen LogP contribution >= 0.6 is 15.9 Å². The highest BCUT2D eigenvalue weighted by atomic mass is 79.9. The summed E-state index contributed by atoms with van der Waals surface area (Å²) in [6.45, 7) is 4.41. The maximum absolute atomic E-state index is 11.4. The number of alkyl halides is 1. The molecule has 0 heterocycles. The summed E-state index contributed by atoms with van der Waals surface area (Å²) >= 11 is 3.36. The summed E-state index contributed by atoms with van der Waals surface area (Å²) in [7, 11) is 0. The fourth-order valence-corrected chi connectivity index (χ4v) is 2.16. The Morgan fingerprint density at radius 3 is 2.35 bits per heavy atom. The van der Waals surface area contributed by atoms with E-state index in [4.69, 9.17) is 4.74 Å². The van der Waals surface area contributed by atoms with Gasteiger partial charge in [-0.05, 0) is 30.9 Å². The van der Waals surface area contributed by atoms with Gasteiger partial charge in [-0.25, -0.2) is 0 Å². The lowest BCUT2D eigenvalue weighted by atomic mass is 10.0. The van der Waals surface area contributed by atoms with Crippen LogP contribution in [0.3, 0.4) is 0 Å². The number of ether oxygens (including phenoxy) is 1. The molecule has 2 nitrogen and oxygen atoms in total. The first-order valence-electron chi connectivity index (χ1n) is 6.05. The zero-order chi connectivity index (χ0) is 12.7. The molecule has 0 saturated carbocycles. The minimum atomic E-state index is -0.250. The standard InChI is InChI=1S/C14H19BrO2/c1-3-5-11-6-8-12(9-7-11)10-13(15)14(16)17-4-2/h6-9,13H,3-5,10H2,1-2H3. The van der Waals surface area contributed by atoms with E-state index in [1.807, 2.05) is 6.92 Å². The predicted octanol–water partition coefficient (Wildman–Crippen LogP) is 3.51. The van der Waals surface area contributed by atoms with Gasteiger partial charge in [0.25, 0.3) is 0 Å². The molecule has 0 aliphatic carbocycles. The molecule has 1 aromatic rings. The van der Waals surface area contributed by atoms with Crippen LogP contribution in [0.15, 0.2) is 24.3 Å². The molecule has 0 aliphatic rings. The normalized spacial score (nSPS) is 12.2. The monoisotopic (exact) mass is 298 g/mol. The average Bonchev–Trinajstić information content (AvgIpc) is 2.32. The van der Waals surface area contributed by atoms with E-state index in [-0.39, 0.29) is 10.8 Å². The first-order valence-corrected chi connectivity index (χ1v) is 6.97. The lowest BCUT2D eigenvalue weighted by Crippen LogP contribution is -2.19. The summed E-state index contributed by atoms with van der Waals surface area (Å²) in [5.41, 5.74) is 2.50. The molecule has 1 atom stereocenters. The highest BCUT2D eigenvalue weighted by Crippen LogP contribution is 2.13. The Hall–Kier alpha value is -0.830. The number of esters is 1. The molecular weight excluding hydrogens is 280 g/mol. The smallest absolute Gasteiger partial charge is 0.320 e. The highest BCUT2D eigenvalue weighted by molar-refractivity contribution is 9.10. The molecule has 3 heteroatoms. The van der Waals surface area contributed by atoms with E-state index in [9.17, 15) is 4.79 Å². The van der Waals surface area contributed by atoms with Gasteiger partial charge >= 0.3 is 5.97 Å². The summed E-state index contributed by atoms with van der Waals surface area (Å²) in [5.74, 6) is -0.190. The second kappa shape index (κ2) is 7.49. The van der Waals surface area contributed by atoms with Crippen molar-refractivity contribution in [3.05, 3.63) is 35.4 Å². The maximum atomic E-state index is 11.4. The van der Waals surface area contributed by atoms with Crippen molar-refractivity contribution in [1.82, 2.24) is 0 Å². The number of carbonyl (C=O) groups excluding carboxylic acids is 1. The minimum absolute atomic E-state index is 0.190. The number of hydrogen-bond acceptors (Lipinski definition) is 2. The maximum Gasteiger partial charge on any atom is 0.320 e. The van der Waals surface area contributed by atoms with E-state index in [1.165, 1.54) is 5.56 Å². The first-order chi connectivity index (χ1) is 8.17.